The summed E-state index contributed by atoms with van der Waals surface area (Å²) < 4.78 is 6.56. The summed E-state index contributed by atoms with van der Waals surface area (Å²) in [7, 11) is 0. The lowest BCUT2D eigenvalue weighted by atomic mass is 10.2. The van der Waals surface area contributed by atoms with Gasteiger partial charge in [-0.1, -0.05) is 26.1 Å². The van der Waals surface area contributed by atoms with Crippen molar-refractivity contribution in [3.05, 3.63) is 28.7 Å². The maximum absolute atomic E-state index is 12.0. The maximum Gasteiger partial charge on any atom is 0.293 e. The number of aromatic nitrogens is 1. The molecule has 0 aliphatic rings. The van der Waals surface area contributed by atoms with Gasteiger partial charge in [0, 0.05) is 12.7 Å². The number of nitrogens with zero attached hydrogens (tertiary/aromatic N) is 1. The van der Waals surface area contributed by atoms with E-state index in [1.807, 2.05) is 13.8 Å². The molecule has 0 unspecified atom stereocenters. The van der Waals surface area contributed by atoms with Crippen LogP contribution in [0.2, 0.25) is 0 Å². The second-order valence-electron chi connectivity index (χ2n) is 4.76. The summed E-state index contributed by atoms with van der Waals surface area (Å²) in [5.41, 5.74) is 5.04. The Labute approximate surface area is 122 Å². The fourth-order valence-corrected chi connectivity index (χ4v) is 1.57. The number of nitrogens with one attached hydrogen (secondary N) is 1. The van der Waals surface area contributed by atoms with Gasteiger partial charge < -0.3 is 20.4 Å². The molecule has 1 rings (SSSR count). The maximum atomic E-state index is 12.0. The minimum Gasteiger partial charge on any atom is -0.478 e. The van der Waals surface area contributed by atoms with E-state index >= 15 is 0 Å². The molecule has 0 saturated carbocycles. The van der Waals surface area contributed by atoms with Crippen LogP contribution in [0.4, 0.5) is 0 Å². The topological polar surface area (TPSA) is 86.3 Å². The molecule has 20 heavy (non-hydrogen) atoms. The first kappa shape index (κ1) is 16.2. The van der Waals surface area contributed by atoms with Crippen LogP contribution in [-0.4, -0.2) is 28.6 Å². The molecule has 110 valence electrons. The zero-order valence-corrected chi connectivity index (χ0v) is 12.4. The average Bonchev–Trinajstić information content (AvgIpc) is 2.37. The Bertz CT molecular complexity index is 540. The fraction of sp³-hybridized carbons (Fsp3) is 0.462. The summed E-state index contributed by atoms with van der Waals surface area (Å²) in [5.74, 6) is 0.199. The zero-order chi connectivity index (χ0) is 15.1. The van der Waals surface area contributed by atoms with E-state index in [0.717, 1.165) is 0 Å². The molecule has 1 aromatic rings. The highest BCUT2D eigenvalue weighted by molar-refractivity contribution is 7.80. The van der Waals surface area contributed by atoms with Crippen LogP contribution in [0.3, 0.4) is 0 Å². The molecule has 7 heteroatoms. The normalized spacial score (nSPS) is 10.3. The van der Waals surface area contributed by atoms with Gasteiger partial charge in [0.25, 0.3) is 11.5 Å². The molecule has 1 amide bonds. The van der Waals surface area contributed by atoms with Crippen LogP contribution in [0.25, 0.3) is 0 Å². The van der Waals surface area contributed by atoms with E-state index in [0.29, 0.717) is 12.5 Å². The number of carbonyl (C=O) groups excluding carboxylic acids is 1. The van der Waals surface area contributed by atoms with Crippen LogP contribution in [0.15, 0.2) is 23.1 Å². The molecular weight excluding hydrogens is 278 g/mol. The SMILES string of the molecule is CC(C)CNC(=O)COc1cccn(CC(N)=S)c1=O. The molecule has 1 aromatic heterocycles. The standard InChI is InChI=1S/C13H19N3O3S/c1-9(2)6-15-12(17)8-19-10-4-3-5-16(13(10)18)7-11(14)20/h3-5,9H,6-8H2,1-2H3,(H2,14,20)(H,15,17). The number of carbonyl (C=O) groups is 1. The Morgan fingerprint density at radius 2 is 2.25 bits per heavy atom. The Balaban J connectivity index is 2.62. The molecule has 0 bridgehead atoms. The molecule has 3 N–H and O–H groups in total. The van der Waals surface area contributed by atoms with Crippen molar-refractivity contribution in [1.29, 1.82) is 0 Å². The molecule has 0 radical (unpaired) electrons. The van der Waals surface area contributed by atoms with E-state index in [-0.39, 0.29) is 35.4 Å². The molecule has 0 saturated heterocycles. The first-order valence-corrected chi connectivity index (χ1v) is 6.68. The highest BCUT2D eigenvalue weighted by atomic mass is 32.1. The lowest BCUT2D eigenvalue weighted by Crippen LogP contribution is -2.33. The van der Waals surface area contributed by atoms with Crippen molar-refractivity contribution in [3.63, 3.8) is 0 Å². The van der Waals surface area contributed by atoms with Crippen molar-refractivity contribution >= 4 is 23.1 Å². The Morgan fingerprint density at radius 1 is 1.55 bits per heavy atom. The van der Waals surface area contributed by atoms with Gasteiger partial charge in [-0.05, 0) is 18.1 Å². The summed E-state index contributed by atoms with van der Waals surface area (Å²) in [6.45, 7) is 4.51. The second-order valence-corrected chi connectivity index (χ2v) is 5.28. The van der Waals surface area contributed by atoms with E-state index in [2.05, 4.69) is 5.32 Å². The molecule has 0 aromatic carbocycles. The van der Waals surface area contributed by atoms with Gasteiger partial charge in [-0.25, -0.2) is 0 Å². The second kappa shape index (κ2) is 7.64. The van der Waals surface area contributed by atoms with Gasteiger partial charge in [-0.3, -0.25) is 9.59 Å². The van der Waals surface area contributed by atoms with Crippen LogP contribution >= 0.6 is 12.2 Å². The van der Waals surface area contributed by atoms with Crippen LogP contribution in [0, 0.1) is 5.92 Å². The molecule has 6 nitrogen and oxygen atoms in total. The average molecular weight is 297 g/mol. The number of ether oxygens (including phenoxy) is 1. The van der Waals surface area contributed by atoms with Gasteiger partial charge in [0.15, 0.2) is 12.4 Å². The predicted octanol–water partition coefficient (Wildman–Crippen LogP) is 0.285. The minimum absolute atomic E-state index is 0.100. The van der Waals surface area contributed by atoms with E-state index in [1.165, 1.54) is 10.6 Å². The third kappa shape index (κ3) is 5.40. The fourth-order valence-electron chi connectivity index (χ4n) is 1.43. The molecule has 0 fully saturated rings. The van der Waals surface area contributed by atoms with Gasteiger partial charge in [0.1, 0.15) is 0 Å². The van der Waals surface area contributed by atoms with E-state index in [9.17, 15) is 9.59 Å². The van der Waals surface area contributed by atoms with Crippen molar-refractivity contribution in [1.82, 2.24) is 9.88 Å². The molecular formula is C13H19N3O3S. The molecule has 0 aliphatic heterocycles. The van der Waals surface area contributed by atoms with E-state index in [4.69, 9.17) is 22.7 Å². The smallest absolute Gasteiger partial charge is 0.293 e. The van der Waals surface area contributed by atoms with Crippen LogP contribution < -0.4 is 21.3 Å². The van der Waals surface area contributed by atoms with Gasteiger partial charge in [0.2, 0.25) is 0 Å². The lowest BCUT2D eigenvalue weighted by molar-refractivity contribution is -0.123. The van der Waals surface area contributed by atoms with Crippen molar-refractivity contribution in [2.24, 2.45) is 11.7 Å². The van der Waals surface area contributed by atoms with E-state index in [1.54, 1.807) is 12.3 Å². The monoisotopic (exact) mass is 297 g/mol. The Hall–Kier alpha value is -1.89. The Kier molecular flexibility index (Phi) is 6.17. The predicted molar refractivity (Wildman–Crippen MR) is 80.8 cm³/mol. The highest BCUT2D eigenvalue weighted by Gasteiger charge is 2.08. The van der Waals surface area contributed by atoms with Gasteiger partial charge in [-0.15, -0.1) is 0 Å². The quantitative estimate of drug-likeness (QED) is 0.706. The number of thiocarbonyl (C=S) groups is 1. The van der Waals surface area contributed by atoms with Crippen LogP contribution in [0.5, 0.6) is 5.75 Å². The van der Waals surface area contributed by atoms with Crippen LogP contribution in [-0.2, 0) is 11.3 Å². The summed E-state index contributed by atoms with van der Waals surface area (Å²) in [6, 6.07) is 3.15. The van der Waals surface area contributed by atoms with Crippen molar-refractivity contribution in [2.75, 3.05) is 13.2 Å². The molecule has 0 atom stereocenters. The van der Waals surface area contributed by atoms with Crippen molar-refractivity contribution < 1.29 is 9.53 Å². The van der Waals surface area contributed by atoms with Crippen LogP contribution in [0.1, 0.15) is 13.8 Å². The van der Waals surface area contributed by atoms with Crippen molar-refractivity contribution in [3.8, 4) is 5.75 Å². The number of rotatable bonds is 7. The largest absolute Gasteiger partial charge is 0.478 e. The summed E-state index contributed by atoms with van der Waals surface area (Å²) in [5, 5.41) is 2.71. The minimum atomic E-state index is -0.364. The van der Waals surface area contributed by atoms with Gasteiger partial charge >= 0.3 is 0 Å². The zero-order valence-electron chi connectivity index (χ0n) is 11.6. The summed E-state index contributed by atoms with van der Waals surface area (Å²) in [6.07, 6.45) is 1.56. The number of pyridine rings is 1. The third-order valence-corrected chi connectivity index (χ3v) is 2.51. The number of hydrogen-bond donors (Lipinski definition) is 2. The third-order valence-electron chi connectivity index (χ3n) is 2.38. The number of nitrogens with two attached hydrogens (primary N) is 1. The number of hydrogen-bond acceptors (Lipinski definition) is 4. The first-order chi connectivity index (χ1) is 9.40. The summed E-state index contributed by atoms with van der Waals surface area (Å²) in [4.78, 5) is 23.7. The molecule has 0 spiro atoms. The van der Waals surface area contributed by atoms with E-state index < -0.39 is 0 Å². The van der Waals surface area contributed by atoms with Crippen molar-refractivity contribution in [2.45, 2.75) is 20.4 Å². The number of amides is 1. The molecule has 0 aliphatic carbocycles. The Morgan fingerprint density at radius 3 is 2.85 bits per heavy atom. The first-order valence-electron chi connectivity index (χ1n) is 6.27. The highest BCUT2D eigenvalue weighted by Crippen LogP contribution is 2.01. The van der Waals surface area contributed by atoms with Gasteiger partial charge in [-0.2, -0.15) is 0 Å². The molecule has 1 heterocycles. The van der Waals surface area contributed by atoms with Gasteiger partial charge in [0.05, 0.1) is 11.5 Å². The lowest BCUT2D eigenvalue weighted by Gasteiger charge is -2.10. The summed E-state index contributed by atoms with van der Waals surface area (Å²) >= 11 is 4.76.